The van der Waals surface area contributed by atoms with Gasteiger partial charge in [-0.05, 0) is 51.1 Å². The predicted molar refractivity (Wildman–Crippen MR) is 96.1 cm³/mol. The summed E-state index contributed by atoms with van der Waals surface area (Å²) in [4.78, 5) is 5.12. The van der Waals surface area contributed by atoms with Gasteiger partial charge in [0.1, 0.15) is 0 Å². The average Bonchev–Trinajstić information content (AvgIpc) is 2.52. The van der Waals surface area contributed by atoms with Crippen molar-refractivity contribution < 1.29 is 8.42 Å². The van der Waals surface area contributed by atoms with E-state index in [4.69, 9.17) is 0 Å². The fourth-order valence-electron chi connectivity index (χ4n) is 4.19. The summed E-state index contributed by atoms with van der Waals surface area (Å²) >= 11 is 0. The van der Waals surface area contributed by atoms with Crippen LogP contribution in [0.2, 0.25) is 0 Å². The lowest BCUT2D eigenvalue weighted by Gasteiger charge is -2.39. The van der Waals surface area contributed by atoms with Gasteiger partial charge in [-0.2, -0.15) is 0 Å². The zero-order chi connectivity index (χ0) is 17.0. The SMILES string of the molecule is CCS(=O)(=O)N(C)C1CCN(CCN2CC(C)CC(C)C2)CC1. The molecule has 0 saturated carbocycles. The Bertz CT molecular complexity index is 450. The number of hydrogen-bond donors (Lipinski definition) is 0. The molecule has 0 aromatic rings. The Balaban J connectivity index is 1.73. The summed E-state index contributed by atoms with van der Waals surface area (Å²) in [6.07, 6.45) is 3.28. The molecule has 0 aliphatic carbocycles. The Kier molecular flexibility index (Phi) is 6.89. The Morgan fingerprint density at radius 3 is 2.04 bits per heavy atom. The lowest BCUT2D eigenvalue weighted by atomic mass is 9.92. The second kappa shape index (κ2) is 8.28. The molecule has 0 spiro atoms. The van der Waals surface area contributed by atoms with E-state index in [1.165, 1.54) is 19.5 Å². The van der Waals surface area contributed by atoms with Gasteiger partial charge >= 0.3 is 0 Å². The molecule has 23 heavy (non-hydrogen) atoms. The van der Waals surface area contributed by atoms with Crippen LogP contribution in [0.3, 0.4) is 0 Å². The lowest BCUT2D eigenvalue weighted by Crippen LogP contribution is -2.48. The molecule has 2 aliphatic rings. The van der Waals surface area contributed by atoms with Crippen LogP contribution in [-0.2, 0) is 10.0 Å². The van der Waals surface area contributed by atoms with Gasteiger partial charge < -0.3 is 9.80 Å². The summed E-state index contributed by atoms with van der Waals surface area (Å²) < 4.78 is 25.6. The molecule has 2 saturated heterocycles. The number of sulfonamides is 1. The third-order valence-corrected chi connectivity index (χ3v) is 7.46. The minimum absolute atomic E-state index is 0.186. The van der Waals surface area contributed by atoms with Crippen molar-refractivity contribution in [3.05, 3.63) is 0 Å². The summed E-state index contributed by atoms with van der Waals surface area (Å²) in [5.74, 6) is 1.84. The molecule has 2 rings (SSSR count). The lowest BCUT2D eigenvalue weighted by molar-refractivity contribution is 0.107. The number of likely N-dealkylation sites (tertiary alicyclic amines) is 2. The molecule has 2 heterocycles. The molecule has 0 radical (unpaired) electrons. The van der Waals surface area contributed by atoms with Crippen molar-refractivity contribution in [3.63, 3.8) is 0 Å². The molecule has 2 unspecified atom stereocenters. The molecule has 2 fully saturated rings. The highest BCUT2D eigenvalue weighted by Crippen LogP contribution is 2.21. The standard InChI is InChI=1S/C17H35N3O2S/c1-5-23(21,22)18(4)17-6-8-19(9-7-17)10-11-20-13-15(2)12-16(3)14-20/h15-17H,5-14H2,1-4H3. The molecule has 6 heteroatoms. The fraction of sp³-hybridized carbons (Fsp3) is 1.00. The minimum atomic E-state index is -3.05. The first-order valence-electron chi connectivity index (χ1n) is 9.22. The van der Waals surface area contributed by atoms with E-state index in [1.807, 2.05) is 0 Å². The zero-order valence-corrected chi connectivity index (χ0v) is 16.2. The van der Waals surface area contributed by atoms with Crippen molar-refractivity contribution in [2.24, 2.45) is 11.8 Å². The van der Waals surface area contributed by atoms with Crippen LogP contribution in [0.15, 0.2) is 0 Å². The van der Waals surface area contributed by atoms with E-state index >= 15 is 0 Å². The molecule has 0 aromatic carbocycles. The fourth-order valence-corrected chi connectivity index (χ4v) is 5.27. The van der Waals surface area contributed by atoms with Gasteiger partial charge in [0.2, 0.25) is 10.0 Å². The highest BCUT2D eigenvalue weighted by molar-refractivity contribution is 7.89. The molecule has 0 bridgehead atoms. The second-order valence-corrected chi connectivity index (χ2v) is 10.0. The van der Waals surface area contributed by atoms with Gasteiger partial charge in [-0.3, -0.25) is 0 Å². The normalized spacial score (nSPS) is 29.3. The van der Waals surface area contributed by atoms with Gasteiger partial charge in [-0.15, -0.1) is 0 Å². The van der Waals surface area contributed by atoms with Crippen LogP contribution in [0.5, 0.6) is 0 Å². The number of rotatable bonds is 6. The first-order chi connectivity index (χ1) is 10.8. The Labute approximate surface area is 143 Å². The predicted octanol–water partition coefficient (Wildman–Crippen LogP) is 1.71. The zero-order valence-electron chi connectivity index (χ0n) is 15.4. The van der Waals surface area contributed by atoms with Gasteiger partial charge in [-0.1, -0.05) is 13.8 Å². The first-order valence-corrected chi connectivity index (χ1v) is 10.8. The topological polar surface area (TPSA) is 43.9 Å². The number of hydrogen-bond acceptors (Lipinski definition) is 4. The maximum atomic E-state index is 12.0. The van der Waals surface area contributed by atoms with E-state index in [0.29, 0.717) is 0 Å². The maximum absolute atomic E-state index is 12.0. The van der Waals surface area contributed by atoms with Crippen molar-refractivity contribution in [1.29, 1.82) is 0 Å². The molecular weight excluding hydrogens is 310 g/mol. The van der Waals surface area contributed by atoms with Gasteiger partial charge in [0.15, 0.2) is 0 Å². The van der Waals surface area contributed by atoms with E-state index in [0.717, 1.165) is 50.9 Å². The van der Waals surface area contributed by atoms with Crippen molar-refractivity contribution in [1.82, 2.24) is 14.1 Å². The third kappa shape index (κ3) is 5.41. The van der Waals surface area contributed by atoms with Crippen molar-refractivity contribution in [2.45, 2.75) is 46.1 Å². The molecule has 5 nitrogen and oxygen atoms in total. The summed E-state index contributed by atoms with van der Waals surface area (Å²) in [5.41, 5.74) is 0. The monoisotopic (exact) mass is 345 g/mol. The summed E-state index contributed by atoms with van der Waals surface area (Å²) in [6, 6.07) is 0.186. The molecule has 2 aliphatic heterocycles. The highest BCUT2D eigenvalue weighted by atomic mass is 32.2. The van der Waals surface area contributed by atoms with Crippen LogP contribution in [0.4, 0.5) is 0 Å². The number of piperidine rings is 2. The van der Waals surface area contributed by atoms with Crippen LogP contribution < -0.4 is 0 Å². The molecule has 2 atom stereocenters. The van der Waals surface area contributed by atoms with Crippen molar-refractivity contribution in [2.75, 3.05) is 52.1 Å². The molecular formula is C17H35N3O2S. The molecule has 0 aromatic heterocycles. The summed E-state index contributed by atoms with van der Waals surface area (Å²) in [6.45, 7) is 13.2. The van der Waals surface area contributed by atoms with E-state index in [2.05, 4.69) is 23.6 Å². The Hall–Kier alpha value is -0.170. The summed E-state index contributed by atoms with van der Waals surface area (Å²) in [5, 5.41) is 0. The smallest absolute Gasteiger partial charge is 0.213 e. The number of nitrogens with zero attached hydrogens (tertiary/aromatic N) is 3. The minimum Gasteiger partial charge on any atom is -0.302 e. The van der Waals surface area contributed by atoms with Crippen molar-refractivity contribution in [3.8, 4) is 0 Å². The molecule has 0 amide bonds. The van der Waals surface area contributed by atoms with Crippen LogP contribution >= 0.6 is 0 Å². The van der Waals surface area contributed by atoms with Crippen LogP contribution in [0, 0.1) is 11.8 Å². The maximum Gasteiger partial charge on any atom is 0.213 e. The quantitative estimate of drug-likeness (QED) is 0.735. The third-order valence-electron chi connectivity index (χ3n) is 5.55. The Morgan fingerprint density at radius 2 is 1.52 bits per heavy atom. The van der Waals surface area contributed by atoms with Gasteiger partial charge in [-0.25, -0.2) is 12.7 Å². The molecule has 136 valence electrons. The van der Waals surface area contributed by atoms with E-state index < -0.39 is 10.0 Å². The highest BCUT2D eigenvalue weighted by Gasteiger charge is 2.29. The van der Waals surface area contributed by atoms with Crippen molar-refractivity contribution >= 4 is 10.0 Å². The Morgan fingerprint density at radius 1 is 1.00 bits per heavy atom. The summed E-state index contributed by atoms with van der Waals surface area (Å²) in [7, 11) is -1.30. The van der Waals surface area contributed by atoms with Gasteiger partial charge in [0.05, 0.1) is 5.75 Å². The van der Waals surface area contributed by atoms with Crippen LogP contribution in [-0.4, -0.2) is 80.6 Å². The van der Waals surface area contributed by atoms with Crippen LogP contribution in [0.25, 0.3) is 0 Å². The second-order valence-electron chi connectivity index (χ2n) is 7.70. The van der Waals surface area contributed by atoms with Gasteiger partial charge in [0, 0.05) is 39.3 Å². The molecule has 0 N–H and O–H groups in total. The van der Waals surface area contributed by atoms with E-state index in [-0.39, 0.29) is 11.8 Å². The van der Waals surface area contributed by atoms with E-state index in [9.17, 15) is 8.42 Å². The van der Waals surface area contributed by atoms with E-state index in [1.54, 1.807) is 18.3 Å². The van der Waals surface area contributed by atoms with Crippen LogP contribution in [0.1, 0.15) is 40.0 Å². The first kappa shape index (κ1) is 19.2. The van der Waals surface area contributed by atoms with Gasteiger partial charge in [0.25, 0.3) is 0 Å². The average molecular weight is 346 g/mol. The largest absolute Gasteiger partial charge is 0.302 e.